The maximum Gasteiger partial charge on any atom is 0.349 e. The second-order valence-electron chi connectivity index (χ2n) is 4.29. The Balaban J connectivity index is 1.89. The second kappa shape index (κ2) is 6.85. The van der Waals surface area contributed by atoms with Crippen LogP contribution in [0.5, 0.6) is 0 Å². The summed E-state index contributed by atoms with van der Waals surface area (Å²) < 4.78 is 7.77. The Hall–Kier alpha value is -2.15. The van der Waals surface area contributed by atoms with Gasteiger partial charge in [-0.2, -0.15) is 5.10 Å². The molecule has 0 unspecified atom stereocenters. The standard InChI is InChI=1S/C13H18N4O3/c1-2-20-8-4-6-14-12(18)10-17-13(19)16-7-3-5-11(16)9-15-17/h3,5,7,9H,2,4,6,8,10H2,1H3,(H,14,18). The summed E-state index contributed by atoms with van der Waals surface area (Å²) in [6.45, 7) is 3.66. The Kier molecular flexibility index (Phi) is 4.89. The summed E-state index contributed by atoms with van der Waals surface area (Å²) >= 11 is 0. The van der Waals surface area contributed by atoms with Gasteiger partial charge in [0.25, 0.3) is 0 Å². The van der Waals surface area contributed by atoms with Gasteiger partial charge in [0.1, 0.15) is 6.54 Å². The van der Waals surface area contributed by atoms with E-state index in [-0.39, 0.29) is 18.1 Å². The lowest BCUT2D eigenvalue weighted by Gasteiger charge is -2.07. The molecule has 1 amide bonds. The summed E-state index contributed by atoms with van der Waals surface area (Å²) in [5.74, 6) is -0.234. The van der Waals surface area contributed by atoms with Crippen molar-refractivity contribution in [2.75, 3.05) is 19.8 Å². The molecule has 0 fully saturated rings. The molecular formula is C13H18N4O3. The SMILES string of the molecule is CCOCCCNC(=O)Cn1ncc2cccn2c1=O. The van der Waals surface area contributed by atoms with Gasteiger partial charge >= 0.3 is 5.69 Å². The highest BCUT2D eigenvalue weighted by Crippen LogP contribution is 1.96. The van der Waals surface area contributed by atoms with Crippen LogP contribution in [0.4, 0.5) is 0 Å². The number of rotatable bonds is 7. The molecule has 0 bridgehead atoms. The average Bonchev–Trinajstić information content (AvgIpc) is 2.91. The monoisotopic (exact) mass is 278 g/mol. The molecule has 0 aliphatic heterocycles. The smallest absolute Gasteiger partial charge is 0.349 e. The predicted octanol–water partition coefficient (Wildman–Crippen LogP) is 0.0388. The lowest BCUT2D eigenvalue weighted by molar-refractivity contribution is -0.122. The number of hydrogen-bond acceptors (Lipinski definition) is 4. The van der Waals surface area contributed by atoms with Gasteiger partial charge in [0, 0.05) is 26.0 Å². The fraction of sp³-hybridized carbons (Fsp3) is 0.462. The van der Waals surface area contributed by atoms with Crippen LogP contribution in [0.1, 0.15) is 13.3 Å². The van der Waals surface area contributed by atoms with Crippen molar-refractivity contribution >= 4 is 11.4 Å². The average molecular weight is 278 g/mol. The van der Waals surface area contributed by atoms with E-state index in [1.165, 1.54) is 4.40 Å². The van der Waals surface area contributed by atoms with Crippen LogP contribution in [0.15, 0.2) is 29.3 Å². The summed E-state index contributed by atoms with van der Waals surface area (Å²) in [6.07, 6.45) is 3.96. The second-order valence-corrected chi connectivity index (χ2v) is 4.29. The number of ether oxygens (including phenoxy) is 1. The lowest BCUT2D eigenvalue weighted by atomic mass is 10.4. The van der Waals surface area contributed by atoms with Gasteiger partial charge < -0.3 is 10.1 Å². The minimum Gasteiger partial charge on any atom is -0.382 e. The zero-order valence-corrected chi connectivity index (χ0v) is 11.4. The van der Waals surface area contributed by atoms with Crippen molar-refractivity contribution in [3.63, 3.8) is 0 Å². The quantitative estimate of drug-likeness (QED) is 0.725. The first-order valence-corrected chi connectivity index (χ1v) is 6.60. The van der Waals surface area contributed by atoms with Crippen LogP contribution in [0.25, 0.3) is 5.52 Å². The molecular weight excluding hydrogens is 260 g/mol. The first kappa shape index (κ1) is 14.3. The number of nitrogens with zero attached hydrogens (tertiary/aromatic N) is 3. The lowest BCUT2D eigenvalue weighted by Crippen LogP contribution is -2.36. The topological polar surface area (TPSA) is 77.6 Å². The normalized spacial score (nSPS) is 10.8. The number of hydrogen-bond donors (Lipinski definition) is 1. The van der Waals surface area contributed by atoms with Crippen molar-refractivity contribution in [1.29, 1.82) is 0 Å². The molecule has 0 saturated carbocycles. The first-order valence-electron chi connectivity index (χ1n) is 6.60. The summed E-state index contributed by atoms with van der Waals surface area (Å²) in [6, 6.07) is 3.54. The van der Waals surface area contributed by atoms with Crippen LogP contribution in [0.2, 0.25) is 0 Å². The molecule has 0 aliphatic rings. The molecule has 108 valence electrons. The molecule has 0 atom stereocenters. The van der Waals surface area contributed by atoms with Crippen molar-refractivity contribution < 1.29 is 9.53 Å². The van der Waals surface area contributed by atoms with Crippen LogP contribution in [0, 0.1) is 0 Å². The van der Waals surface area contributed by atoms with Crippen LogP contribution < -0.4 is 11.0 Å². The van der Waals surface area contributed by atoms with Gasteiger partial charge in [-0.15, -0.1) is 0 Å². The van der Waals surface area contributed by atoms with Crippen LogP contribution >= 0.6 is 0 Å². The third kappa shape index (κ3) is 3.45. The number of nitrogens with one attached hydrogen (secondary N) is 1. The van der Waals surface area contributed by atoms with Crippen molar-refractivity contribution in [3.05, 3.63) is 35.0 Å². The van der Waals surface area contributed by atoms with E-state index in [4.69, 9.17) is 4.74 Å². The number of fused-ring (bicyclic) bond motifs is 1. The van der Waals surface area contributed by atoms with E-state index in [9.17, 15) is 9.59 Å². The highest BCUT2D eigenvalue weighted by atomic mass is 16.5. The maximum absolute atomic E-state index is 12.0. The van der Waals surface area contributed by atoms with Gasteiger partial charge in [-0.3, -0.25) is 9.20 Å². The van der Waals surface area contributed by atoms with Crippen molar-refractivity contribution in [1.82, 2.24) is 19.5 Å². The Morgan fingerprint density at radius 3 is 3.15 bits per heavy atom. The summed E-state index contributed by atoms with van der Waals surface area (Å²) in [7, 11) is 0. The summed E-state index contributed by atoms with van der Waals surface area (Å²) in [5.41, 5.74) is 0.389. The number of carbonyl (C=O) groups is 1. The number of amides is 1. The molecule has 0 aliphatic carbocycles. The fourth-order valence-corrected chi connectivity index (χ4v) is 1.82. The van der Waals surface area contributed by atoms with Crippen LogP contribution in [-0.4, -0.2) is 39.8 Å². The Bertz CT molecular complexity index is 632. The molecule has 2 heterocycles. The minimum absolute atomic E-state index is 0.0818. The molecule has 7 heteroatoms. The van der Waals surface area contributed by atoms with Crippen molar-refractivity contribution in [2.24, 2.45) is 0 Å². The predicted molar refractivity (Wildman–Crippen MR) is 73.6 cm³/mol. The molecule has 1 N–H and O–H groups in total. The highest BCUT2D eigenvalue weighted by Gasteiger charge is 2.07. The molecule has 0 saturated heterocycles. The Morgan fingerprint density at radius 1 is 1.50 bits per heavy atom. The van der Waals surface area contributed by atoms with E-state index in [0.29, 0.717) is 25.3 Å². The Labute approximate surface area is 116 Å². The molecule has 2 aromatic rings. The largest absolute Gasteiger partial charge is 0.382 e. The van der Waals surface area contributed by atoms with E-state index < -0.39 is 0 Å². The molecule has 20 heavy (non-hydrogen) atoms. The third-order valence-corrected chi connectivity index (χ3v) is 2.82. The van der Waals surface area contributed by atoms with Gasteiger partial charge in [0.05, 0.1) is 11.7 Å². The molecule has 0 radical (unpaired) electrons. The van der Waals surface area contributed by atoms with E-state index in [1.807, 2.05) is 6.92 Å². The van der Waals surface area contributed by atoms with Crippen LogP contribution in [0.3, 0.4) is 0 Å². The van der Waals surface area contributed by atoms with Gasteiger partial charge in [-0.1, -0.05) is 0 Å². The highest BCUT2D eigenvalue weighted by molar-refractivity contribution is 5.75. The first-order chi connectivity index (χ1) is 9.72. The van der Waals surface area contributed by atoms with Crippen LogP contribution in [-0.2, 0) is 16.1 Å². The maximum atomic E-state index is 12.0. The molecule has 7 nitrogen and oxygen atoms in total. The molecule has 2 rings (SSSR count). The van der Waals surface area contributed by atoms with Gasteiger partial charge in [0.2, 0.25) is 5.91 Å². The molecule has 2 aromatic heterocycles. The Morgan fingerprint density at radius 2 is 2.35 bits per heavy atom. The zero-order chi connectivity index (χ0) is 14.4. The number of carbonyl (C=O) groups excluding carboxylic acids is 1. The van der Waals surface area contributed by atoms with E-state index in [2.05, 4.69) is 10.4 Å². The third-order valence-electron chi connectivity index (χ3n) is 2.82. The summed E-state index contributed by atoms with van der Waals surface area (Å²) in [5, 5.41) is 6.71. The number of aromatic nitrogens is 3. The van der Waals surface area contributed by atoms with Gasteiger partial charge in [-0.05, 0) is 25.5 Å². The van der Waals surface area contributed by atoms with E-state index in [1.54, 1.807) is 24.5 Å². The molecule has 0 aromatic carbocycles. The fourth-order valence-electron chi connectivity index (χ4n) is 1.82. The minimum atomic E-state index is -0.322. The van der Waals surface area contributed by atoms with E-state index >= 15 is 0 Å². The van der Waals surface area contributed by atoms with Gasteiger partial charge in [-0.25, -0.2) is 9.48 Å². The van der Waals surface area contributed by atoms with E-state index in [0.717, 1.165) is 11.1 Å². The molecule has 0 spiro atoms. The van der Waals surface area contributed by atoms with Crippen molar-refractivity contribution in [3.8, 4) is 0 Å². The summed E-state index contributed by atoms with van der Waals surface area (Å²) in [4.78, 5) is 23.7. The zero-order valence-electron chi connectivity index (χ0n) is 11.4. The van der Waals surface area contributed by atoms with Gasteiger partial charge in [0.15, 0.2) is 0 Å². The van der Waals surface area contributed by atoms with Crippen molar-refractivity contribution in [2.45, 2.75) is 19.9 Å².